The Morgan fingerprint density at radius 2 is 1.67 bits per heavy atom. The van der Waals surface area contributed by atoms with E-state index in [2.05, 4.69) is 10.5 Å². The molecule has 33 heavy (non-hydrogen) atoms. The third kappa shape index (κ3) is 6.66. The minimum Gasteiger partial charge on any atom is -0.267 e. The summed E-state index contributed by atoms with van der Waals surface area (Å²) in [5.41, 5.74) is 3.06. The van der Waals surface area contributed by atoms with Gasteiger partial charge in [-0.2, -0.15) is 18.3 Å². The normalized spacial score (nSPS) is 12.0. The van der Waals surface area contributed by atoms with Crippen LogP contribution in [0, 0.1) is 0 Å². The van der Waals surface area contributed by atoms with Crippen molar-refractivity contribution in [2.75, 3.05) is 10.6 Å². The summed E-state index contributed by atoms with van der Waals surface area (Å²) in [6.07, 6.45) is -2.24. The van der Waals surface area contributed by atoms with Gasteiger partial charge in [-0.3, -0.25) is 9.10 Å². The van der Waals surface area contributed by atoms with E-state index >= 15 is 0 Å². The van der Waals surface area contributed by atoms with Crippen molar-refractivity contribution in [2.24, 2.45) is 5.10 Å². The number of halogens is 3. The standard InChI is InChI=1S/C23H20F3N3O3S/c1-33(31,32)29(21-8-3-2-4-9-21)16-17-10-12-19(13-11-17)22(30)28-27-15-18-6-5-7-20(14-18)23(24,25)26/h2-15H,16H2,1H3,(H,28,30)/b27-15-. The van der Waals surface area contributed by atoms with E-state index in [1.54, 1.807) is 42.5 Å². The number of nitrogens with one attached hydrogen (secondary N) is 1. The second-order valence-electron chi connectivity index (χ2n) is 7.12. The number of amides is 1. The van der Waals surface area contributed by atoms with E-state index in [1.165, 1.54) is 28.6 Å². The topological polar surface area (TPSA) is 78.8 Å². The molecule has 172 valence electrons. The Morgan fingerprint density at radius 1 is 1.00 bits per heavy atom. The largest absolute Gasteiger partial charge is 0.416 e. The van der Waals surface area contributed by atoms with Crippen LogP contribution in [-0.2, 0) is 22.7 Å². The maximum Gasteiger partial charge on any atom is 0.416 e. The molecule has 0 spiro atoms. The Morgan fingerprint density at radius 3 is 2.27 bits per heavy atom. The molecule has 0 bridgehead atoms. The molecule has 0 unspecified atom stereocenters. The van der Waals surface area contributed by atoms with Crippen LogP contribution in [0.25, 0.3) is 0 Å². The summed E-state index contributed by atoms with van der Waals surface area (Å²) in [4.78, 5) is 12.3. The van der Waals surface area contributed by atoms with E-state index in [-0.39, 0.29) is 17.7 Å². The second-order valence-corrected chi connectivity index (χ2v) is 9.03. The number of hydrogen-bond donors (Lipinski definition) is 1. The van der Waals surface area contributed by atoms with Crippen molar-refractivity contribution in [3.63, 3.8) is 0 Å². The molecular formula is C23H20F3N3O3S. The smallest absolute Gasteiger partial charge is 0.267 e. The van der Waals surface area contributed by atoms with Crippen LogP contribution < -0.4 is 9.73 Å². The summed E-state index contributed by atoms with van der Waals surface area (Å²) in [5.74, 6) is -0.562. The lowest BCUT2D eigenvalue weighted by molar-refractivity contribution is -0.137. The number of para-hydroxylation sites is 1. The van der Waals surface area contributed by atoms with Crippen LogP contribution in [0.2, 0.25) is 0 Å². The zero-order valence-electron chi connectivity index (χ0n) is 17.5. The Labute approximate surface area is 189 Å². The van der Waals surface area contributed by atoms with Crippen LogP contribution >= 0.6 is 0 Å². The lowest BCUT2D eigenvalue weighted by Crippen LogP contribution is -2.29. The lowest BCUT2D eigenvalue weighted by Gasteiger charge is -2.22. The van der Waals surface area contributed by atoms with Crippen molar-refractivity contribution < 1.29 is 26.4 Å². The van der Waals surface area contributed by atoms with Gasteiger partial charge in [-0.25, -0.2) is 13.8 Å². The molecule has 0 saturated carbocycles. The molecule has 0 heterocycles. The fourth-order valence-electron chi connectivity index (χ4n) is 2.95. The van der Waals surface area contributed by atoms with Gasteiger partial charge in [0, 0.05) is 5.56 Å². The lowest BCUT2D eigenvalue weighted by atomic mass is 10.1. The predicted molar refractivity (Wildman–Crippen MR) is 120 cm³/mol. The number of nitrogens with zero attached hydrogens (tertiary/aromatic N) is 2. The van der Waals surface area contributed by atoms with Gasteiger partial charge >= 0.3 is 6.18 Å². The molecule has 3 aromatic carbocycles. The quantitative estimate of drug-likeness (QED) is 0.406. The number of alkyl halides is 3. The fourth-order valence-corrected chi connectivity index (χ4v) is 3.84. The molecule has 6 nitrogen and oxygen atoms in total. The Kier molecular flexibility index (Phi) is 7.17. The summed E-state index contributed by atoms with van der Waals surface area (Å²) >= 11 is 0. The number of hydrazone groups is 1. The molecule has 3 aromatic rings. The maximum atomic E-state index is 12.8. The van der Waals surface area contributed by atoms with Gasteiger partial charge in [0.15, 0.2) is 0 Å². The number of anilines is 1. The Hall–Kier alpha value is -3.66. The zero-order valence-corrected chi connectivity index (χ0v) is 18.3. The highest BCUT2D eigenvalue weighted by molar-refractivity contribution is 7.92. The second kappa shape index (κ2) is 9.86. The molecule has 0 saturated heterocycles. The predicted octanol–water partition coefficient (Wildman–Crippen LogP) is 4.44. The number of sulfonamides is 1. The molecule has 0 fully saturated rings. The monoisotopic (exact) mass is 475 g/mol. The Balaban J connectivity index is 1.66. The number of hydrogen-bond acceptors (Lipinski definition) is 4. The summed E-state index contributed by atoms with van der Waals surface area (Å²) in [6.45, 7) is 0.0818. The van der Waals surface area contributed by atoms with E-state index in [4.69, 9.17) is 0 Å². The number of carbonyl (C=O) groups excluding carboxylic acids is 1. The van der Waals surface area contributed by atoms with Crippen molar-refractivity contribution in [1.29, 1.82) is 0 Å². The van der Waals surface area contributed by atoms with E-state index in [1.807, 2.05) is 0 Å². The molecular weight excluding hydrogens is 455 g/mol. The SMILES string of the molecule is CS(=O)(=O)N(Cc1ccc(C(=O)N/N=C\c2cccc(C(F)(F)F)c2)cc1)c1ccccc1. The summed E-state index contributed by atoms with van der Waals surface area (Å²) in [5, 5.41) is 3.70. The van der Waals surface area contributed by atoms with E-state index in [0.717, 1.165) is 24.6 Å². The third-order valence-electron chi connectivity index (χ3n) is 4.58. The first-order valence-electron chi connectivity index (χ1n) is 9.66. The fraction of sp³-hybridized carbons (Fsp3) is 0.130. The molecule has 1 amide bonds. The third-order valence-corrected chi connectivity index (χ3v) is 5.72. The van der Waals surface area contributed by atoms with Crippen molar-refractivity contribution in [1.82, 2.24) is 5.43 Å². The van der Waals surface area contributed by atoms with Gasteiger partial charge in [0.05, 0.1) is 30.3 Å². The minimum absolute atomic E-state index is 0.0818. The summed E-state index contributed by atoms with van der Waals surface area (Å²) < 4.78 is 64.0. The van der Waals surface area contributed by atoms with Crippen LogP contribution in [0.15, 0.2) is 84.0 Å². The average molecular weight is 475 g/mol. The number of carbonyl (C=O) groups is 1. The molecule has 3 rings (SSSR count). The highest BCUT2D eigenvalue weighted by atomic mass is 32.2. The highest BCUT2D eigenvalue weighted by Gasteiger charge is 2.30. The molecule has 10 heteroatoms. The van der Waals surface area contributed by atoms with Crippen molar-refractivity contribution >= 4 is 27.8 Å². The van der Waals surface area contributed by atoms with Crippen LogP contribution in [0.4, 0.5) is 18.9 Å². The molecule has 1 N–H and O–H groups in total. The van der Waals surface area contributed by atoms with Crippen LogP contribution in [-0.4, -0.2) is 26.8 Å². The highest BCUT2D eigenvalue weighted by Crippen LogP contribution is 2.29. The van der Waals surface area contributed by atoms with Crippen molar-refractivity contribution in [2.45, 2.75) is 12.7 Å². The zero-order chi connectivity index (χ0) is 24.1. The Bertz CT molecular complexity index is 1240. The first kappa shape index (κ1) is 24.0. The minimum atomic E-state index is -4.47. The number of benzene rings is 3. The van der Waals surface area contributed by atoms with Gasteiger partial charge in [-0.05, 0) is 47.5 Å². The van der Waals surface area contributed by atoms with Crippen LogP contribution in [0.1, 0.15) is 27.0 Å². The molecule has 0 aliphatic carbocycles. The van der Waals surface area contributed by atoms with Gasteiger partial charge in [0.2, 0.25) is 10.0 Å². The van der Waals surface area contributed by atoms with Crippen LogP contribution in [0.3, 0.4) is 0 Å². The maximum absolute atomic E-state index is 12.8. The van der Waals surface area contributed by atoms with Gasteiger partial charge in [-0.1, -0.05) is 42.5 Å². The van der Waals surface area contributed by atoms with Crippen molar-refractivity contribution in [3.8, 4) is 0 Å². The van der Waals surface area contributed by atoms with E-state index in [9.17, 15) is 26.4 Å². The first-order valence-corrected chi connectivity index (χ1v) is 11.5. The van der Waals surface area contributed by atoms with Crippen LogP contribution in [0.5, 0.6) is 0 Å². The van der Waals surface area contributed by atoms with E-state index < -0.39 is 27.7 Å². The molecule has 0 radical (unpaired) electrons. The summed E-state index contributed by atoms with van der Waals surface area (Å²) in [7, 11) is -3.53. The van der Waals surface area contributed by atoms with Gasteiger partial charge in [0.25, 0.3) is 5.91 Å². The van der Waals surface area contributed by atoms with E-state index in [0.29, 0.717) is 11.3 Å². The molecule has 0 aromatic heterocycles. The van der Waals surface area contributed by atoms with Crippen molar-refractivity contribution in [3.05, 3.63) is 101 Å². The van der Waals surface area contributed by atoms with Gasteiger partial charge in [0.1, 0.15) is 0 Å². The average Bonchev–Trinajstić information content (AvgIpc) is 2.77. The summed E-state index contributed by atoms with van der Waals surface area (Å²) in [6, 6.07) is 19.4. The van der Waals surface area contributed by atoms with Gasteiger partial charge in [-0.15, -0.1) is 0 Å². The molecule has 0 aliphatic heterocycles. The number of rotatable bonds is 7. The molecule has 0 atom stereocenters. The van der Waals surface area contributed by atoms with Gasteiger partial charge < -0.3 is 0 Å². The first-order chi connectivity index (χ1) is 15.5. The molecule has 0 aliphatic rings.